The maximum atomic E-state index is 14.2. The number of anilines is 1. The summed E-state index contributed by atoms with van der Waals surface area (Å²) in [4.78, 5) is 27.8. The summed E-state index contributed by atoms with van der Waals surface area (Å²) in [6.45, 7) is 2.92. The number of amides is 2. The zero-order chi connectivity index (χ0) is 30.3. The molecule has 0 radical (unpaired) electrons. The molecule has 0 aliphatic heterocycles. The van der Waals surface area contributed by atoms with Gasteiger partial charge in [-0.1, -0.05) is 41.4 Å². The van der Waals surface area contributed by atoms with E-state index in [1.54, 1.807) is 13.0 Å². The Labute approximate surface area is 245 Å². The first-order valence-corrected chi connectivity index (χ1v) is 14.4. The van der Waals surface area contributed by atoms with E-state index < -0.39 is 34.4 Å². The molecular formula is C29H34ClN3O7S. The van der Waals surface area contributed by atoms with Gasteiger partial charge in [-0.05, 0) is 49.7 Å². The fourth-order valence-electron chi connectivity index (χ4n) is 4.27. The molecule has 41 heavy (non-hydrogen) atoms. The molecule has 12 heteroatoms. The SMILES string of the molecule is CNC(=O)[C@@H](C)N(Cc1cccc(C)c1)C(=O)CN(c1cc(Cl)ccc1OC)S(=O)(=O)c1ccc(OC)c(OC)c1. The molecule has 0 aliphatic rings. The van der Waals surface area contributed by atoms with Crippen LogP contribution in [0, 0.1) is 6.92 Å². The average molecular weight is 604 g/mol. The molecule has 220 valence electrons. The van der Waals surface area contributed by atoms with Crippen molar-refractivity contribution in [3.05, 3.63) is 76.8 Å². The van der Waals surface area contributed by atoms with E-state index in [4.69, 9.17) is 25.8 Å². The Bertz CT molecular complexity index is 1510. The van der Waals surface area contributed by atoms with Gasteiger partial charge in [0, 0.05) is 24.7 Å². The Morgan fingerprint density at radius 1 is 0.927 bits per heavy atom. The molecular weight excluding hydrogens is 570 g/mol. The minimum Gasteiger partial charge on any atom is -0.495 e. The topological polar surface area (TPSA) is 114 Å². The van der Waals surface area contributed by atoms with Crippen LogP contribution in [0.15, 0.2) is 65.6 Å². The number of rotatable bonds is 12. The molecule has 0 fully saturated rings. The Morgan fingerprint density at radius 3 is 2.20 bits per heavy atom. The number of halogens is 1. The van der Waals surface area contributed by atoms with E-state index in [1.165, 1.54) is 63.6 Å². The lowest BCUT2D eigenvalue weighted by atomic mass is 10.1. The second-order valence-electron chi connectivity index (χ2n) is 9.15. The van der Waals surface area contributed by atoms with Crippen molar-refractivity contribution in [2.24, 2.45) is 0 Å². The Kier molecular flexibility index (Phi) is 10.5. The van der Waals surface area contributed by atoms with E-state index >= 15 is 0 Å². The smallest absolute Gasteiger partial charge is 0.265 e. The molecule has 2 amide bonds. The van der Waals surface area contributed by atoms with Crippen LogP contribution in [0.5, 0.6) is 17.2 Å². The third-order valence-electron chi connectivity index (χ3n) is 6.48. The van der Waals surface area contributed by atoms with Crippen molar-refractivity contribution in [3.8, 4) is 17.2 Å². The average Bonchev–Trinajstić information content (AvgIpc) is 2.97. The van der Waals surface area contributed by atoms with Gasteiger partial charge < -0.3 is 24.4 Å². The van der Waals surface area contributed by atoms with Gasteiger partial charge in [0.15, 0.2) is 11.5 Å². The highest BCUT2D eigenvalue weighted by atomic mass is 35.5. The largest absolute Gasteiger partial charge is 0.495 e. The van der Waals surface area contributed by atoms with Gasteiger partial charge in [-0.3, -0.25) is 13.9 Å². The normalized spacial score (nSPS) is 11.8. The number of methoxy groups -OCH3 is 3. The fraction of sp³-hybridized carbons (Fsp3) is 0.310. The van der Waals surface area contributed by atoms with E-state index in [2.05, 4.69) is 5.32 Å². The van der Waals surface area contributed by atoms with Gasteiger partial charge in [-0.25, -0.2) is 8.42 Å². The standard InChI is InChI=1S/C29H34ClN3O7S/c1-19-8-7-9-21(14-19)17-32(20(2)29(35)31-3)28(34)18-33(24-15-22(30)10-12-25(24)38-4)41(36,37)23-11-13-26(39-5)27(16-23)40-6/h7-16,20H,17-18H2,1-6H3,(H,31,35)/t20-/m1/s1. The molecule has 3 rings (SSSR count). The van der Waals surface area contributed by atoms with Crippen LogP contribution in [-0.4, -0.2) is 66.1 Å². The Hall–Kier alpha value is -3.96. The summed E-state index contributed by atoms with van der Waals surface area (Å²) in [5, 5.41) is 2.79. The molecule has 0 bridgehead atoms. The molecule has 0 saturated carbocycles. The van der Waals surface area contributed by atoms with E-state index in [9.17, 15) is 18.0 Å². The van der Waals surface area contributed by atoms with Gasteiger partial charge in [-0.2, -0.15) is 0 Å². The fourth-order valence-corrected chi connectivity index (χ4v) is 5.87. The van der Waals surface area contributed by atoms with E-state index in [0.29, 0.717) is 5.75 Å². The van der Waals surface area contributed by atoms with Crippen molar-refractivity contribution in [2.75, 3.05) is 39.2 Å². The Morgan fingerprint density at radius 2 is 1.59 bits per heavy atom. The van der Waals surface area contributed by atoms with Gasteiger partial charge in [0.05, 0.1) is 31.9 Å². The minimum atomic E-state index is -4.41. The number of nitrogens with zero attached hydrogens (tertiary/aromatic N) is 2. The van der Waals surface area contributed by atoms with Crippen LogP contribution in [-0.2, 0) is 26.2 Å². The van der Waals surface area contributed by atoms with Gasteiger partial charge >= 0.3 is 0 Å². The summed E-state index contributed by atoms with van der Waals surface area (Å²) < 4.78 is 45.3. The number of aryl methyl sites for hydroxylation is 1. The van der Waals surface area contributed by atoms with Crippen LogP contribution < -0.4 is 23.8 Å². The summed E-state index contributed by atoms with van der Waals surface area (Å²) in [6.07, 6.45) is 0. The molecule has 0 aromatic heterocycles. The lowest BCUT2D eigenvalue weighted by molar-refractivity contribution is -0.139. The second-order valence-corrected chi connectivity index (χ2v) is 11.4. The zero-order valence-corrected chi connectivity index (χ0v) is 25.4. The number of carbonyl (C=O) groups excluding carboxylic acids is 2. The lowest BCUT2D eigenvalue weighted by Gasteiger charge is -2.32. The highest BCUT2D eigenvalue weighted by Crippen LogP contribution is 2.37. The second kappa shape index (κ2) is 13.6. The monoisotopic (exact) mass is 603 g/mol. The van der Waals surface area contributed by atoms with Crippen molar-refractivity contribution >= 4 is 39.1 Å². The minimum absolute atomic E-state index is 0.0474. The third-order valence-corrected chi connectivity index (χ3v) is 8.47. The van der Waals surface area contributed by atoms with Crippen molar-refractivity contribution in [2.45, 2.75) is 31.3 Å². The quantitative estimate of drug-likeness (QED) is 0.332. The maximum absolute atomic E-state index is 14.2. The number of likely N-dealkylation sites (N-methyl/N-ethyl adjacent to an activating group) is 1. The van der Waals surface area contributed by atoms with Crippen LogP contribution in [0.25, 0.3) is 0 Å². The van der Waals surface area contributed by atoms with Crippen molar-refractivity contribution in [3.63, 3.8) is 0 Å². The highest BCUT2D eigenvalue weighted by Gasteiger charge is 2.34. The molecule has 1 N–H and O–H groups in total. The maximum Gasteiger partial charge on any atom is 0.265 e. The summed E-state index contributed by atoms with van der Waals surface area (Å²) in [7, 11) is 1.27. The summed E-state index contributed by atoms with van der Waals surface area (Å²) >= 11 is 6.27. The molecule has 0 heterocycles. The molecule has 10 nitrogen and oxygen atoms in total. The molecule has 3 aromatic carbocycles. The van der Waals surface area contributed by atoms with Crippen LogP contribution in [0.1, 0.15) is 18.1 Å². The van der Waals surface area contributed by atoms with E-state index in [0.717, 1.165) is 15.4 Å². The van der Waals surface area contributed by atoms with Crippen molar-refractivity contribution < 1.29 is 32.2 Å². The van der Waals surface area contributed by atoms with Crippen LogP contribution in [0.4, 0.5) is 5.69 Å². The molecule has 0 spiro atoms. The van der Waals surface area contributed by atoms with Gasteiger partial charge in [0.2, 0.25) is 11.8 Å². The number of ether oxygens (including phenoxy) is 3. The van der Waals surface area contributed by atoms with Crippen LogP contribution in [0.3, 0.4) is 0 Å². The van der Waals surface area contributed by atoms with Gasteiger partial charge in [0.25, 0.3) is 10.0 Å². The number of hydrogen-bond donors (Lipinski definition) is 1. The first kappa shape index (κ1) is 31.6. The van der Waals surface area contributed by atoms with E-state index in [-0.39, 0.29) is 33.6 Å². The third kappa shape index (κ3) is 7.22. The molecule has 1 atom stereocenters. The first-order valence-electron chi connectivity index (χ1n) is 12.6. The number of sulfonamides is 1. The van der Waals surface area contributed by atoms with Crippen LogP contribution in [0.2, 0.25) is 5.02 Å². The Balaban J connectivity index is 2.15. The van der Waals surface area contributed by atoms with Gasteiger partial charge in [0.1, 0.15) is 18.3 Å². The molecule has 3 aromatic rings. The van der Waals surface area contributed by atoms with Crippen LogP contribution >= 0.6 is 11.6 Å². The molecule has 0 saturated heterocycles. The van der Waals surface area contributed by atoms with Crippen molar-refractivity contribution in [1.82, 2.24) is 10.2 Å². The number of carbonyl (C=O) groups is 2. The summed E-state index contributed by atoms with van der Waals surface area (Å²) in [6, 6.07) is 15.2. The van der Waals surface area contributed by atoms with Gasteiger partial charge in [-0.15, -0.1) is 0 Å². The zero-order valence-electron chi connectivity index (χ0n) is 23.8. The predicted molar refractivity (Wildman–Crippen MR) is 157 cm³/mol. The lowest BCUT2D eigenvalue weighted by Crippen LogP contribution is -2.50. The highest BCUT2D eigenvalue weighted by molar-refractivity contribution is 7.92. The molecule has 0 unspecified atom stereocenters. The number of nitrogens with one attached hydrogen (secondary N) is 1. The number of benzene rings is 3. The number of hydrogen-bond acceptors (Lipinski definition) is 7. The predicted octanol–water partition coefficient (Wildman–Crippen LogP) is 4.03. The van der Waals surface area contributed by atoms with Crippen molar-refractivity contribution in [1.29, 1.82) is 0 Å². The summed E-state index contributed by atoms with van der Waals surface area (Å²) in [5.41, 5.74) is 1.80. The first-order chi connectivity index (χ1) is 19.5. The summed E-state index contributed by atoms with van der Waals surface area (Å²) in [5.74, 6) is -0.324. The molecule has 0 aliphatic carbocycles. The van der Waals surface area contributed by atoms with E-state index in [1.807, 2.05) is 31.2 Å².